The Balaban J connectivity index is 1.22. The highest BCUT2D eigenvalue weighted by molar-refractivity contribution is 9.10. The predicted molar refractivity (Wildman–Crippen MR) is 113 cm³/mol. The molecule has 0 spiro atoms. The van der Waals surface area contributed by atoms with Gasteiger partial charge in [0.25, 0.3) is 11.8 Å². The van der Waals surface area contributed by atoms with Gasteiger partial charge in [0.2, 0.25) is 0 Å². The number of aromatic amines is 2. The highest BCUT2D eigenvalue weighted by atomic mass is 79.9. The Labute approximate surface area is 181 Å². The Bertz CT molecular complexity index is 1200. The minimum atomic E-state index is -0.000870. The molecular weight excluding hydrogens is 448 g/mol. The molecule has 2 fully saturated rings. The van der Waals surface area contributed by atoms with E-state index < -0.39 is 0 Å². The van der Waals surface area contributed by atoms with Crippen LogP contribution in [0, 0.1) is 0 Å². The second-order valence-corrected chi connectivity index (χ2v) is 9.51. The van der Waals surface area contributed by atoms with E-state index in [0.29, 0.717) is 30.3 Å². The topological polar surface area (TPSA) is 98.0 Å². The zero-order chi connectivity index (χ0) is 20.6. The maximum absolute atomic E-state index is 13.3. The second-order valence-electron chi connectivity index (χ2n) is 8.65. The molecule has 2 aromatic heterocycles. The Morgan fingerprint density at radius 1 is 1.13 bits per heavy atom. The van der Waals surface area contributed by atoms with Crippen LogP contribution < -0.4 is 0 Å². The highest BCUT2D eigenvalue weighted by Crippen LogP contribution is 2.37. The molecule has 154 valence electrons. The summed E-state index contributed by atoms with van der Waals surface area (Å²) in [6.07, 6.45) is 4.52. The van der Waals surface area contributed by atoms with Gasteiger partial charge in [-0.05, 0) is 53.2 Å². The van der Waals surface area contributed by atoms with E-state index >= 15 is 0 Å². The molecule has 30 heavy (non-hydrogen) atoms. The lowest BCUT2D eigenvalue weighted by Crippen LogP contribution is -2.50. The molecule has 2 aliphatic heterocycles. The van der Waals surface area contributed by atoms with Crippen LogP contribution in [0.4, 0.5) is 0 Å². The van der Waals surface area contributed by atoms with Crippen molar-refractivity contribution >= 4 is 38.6 Å². The average molecular weight is 469 g/mol. The number of fused-ring (bicyclic) bond motifs is 4. The molecule has 1 unspecified atom stereocenters. The molecular formula is C21H21BrN6O2. The first-order valence-corrected chi connectivity index (χ1v) is 11.1. The third-order valence-electron chi connectivity index (χ3n) is 6.94. The summed E-state index contributed by atoms with van der Waals surface area (Å²) < 4.78 is 0.751. The summed E-state index contributed by atoms with van der Waals surface area (Å²) in [5, 5.41) is 15.3. The first kappa shape index (κ1) is 18.1. The largest absolute Gasteiger partial charge is 0.332 e. The molecule has 0 radical (unpaired) electrons. The molecule has 2 saturated heterocycles. The molecule has 3 aliphatic rings. The number of amides is 2. The average Bonchev–Trinajstić information content (AvgIpc) is 3.53. The van der Waals surface area contributed by atoms with Crippen molar-refractivity contribution in [3.63, 3.8) is 0 Å². The third-order valence-corrected chi connectivity index (χ3v) is 7.60. The standard InChI is InChI=1S/C21H21BrN6O2/c1-10-2-3-14-18(10)25-26-19(14)21(30)28-9-12-5-13(28)8-27(12)20(29)15-4-11-7-23-24-17(11)6-16(15)22/h4,6-7,10,12-13H,2-3,5,8-9H2,1H3,(H,23,24)(H,25,26)/t10?,12-,13-/m0/s1. The molecule has 1 aliphatic carbocycles. The Kier molecular flexibility index (Phi) is 3.87. The van der Waals surface area contributed by atoms with E-state index in [1.807, 2.05) is 21.9 Å². The Morgan fingerprint density at radius 2 is 1.90 bits per heavy atom. The van der Waals surface area contributed by atoms with Crippen molar-refractivity contribution in [1.82, 2.24) is 30.2 Å². The summed E-state index contributed by atoms with van der Waals surface area (Å²) in [5.74, 6) is 0.435. The second kappa shape index (κ2) is 6.41. The number of aromatic nitrogens is 4. The van der Waals surface area contributed by atoms with Gasteiger partial charge in [0.1, 0.15) is 0 Å². The van der Waals surface area contributed by atoms with Crippen LogP contribution >= 0.6 is 15.9 Å². The molecule has 3 atom stereocenters. The monoisotopic (exact) mass is 468 g/mol. The lowest BCUT2D eigenvalue weighted by Gasteiger charge is -2.34. The number of rotatable bonds is 2. The molecule has 2 amide bonds. The molecule has 4 heterocycles. The van der Waals surface area contributed by atoms with Crippen LogP contribution in [0.25, 0.3) is 10.9 Å². The van der Waals surface area contributed by atoms with E-state index in [0.717, 1.165) is 45.9 Å². The van der Waals surface area contributed by atoms with Gasteiger partial charge >= 0.3 is 0 Å². The van der Waals surface area contributed by atoms with Crippen molar-refractivity contribution in [2.75, 3.05) is 13.1 Å². The van der Waals surface area contributed by atoms with Crippen molar-refractivity contribution in [2.45, 2.75) is 44.2 Å². The highest BCUT2D eigenvalue weighted by Gasteiger charge is 2.48. The Morgan fingerprint density at radius 3 is 2.67 bits per heavy atom. The number of likely N-dealkylation sites (tertiary alicyclic amines) is 2. The molecule has 8 nitrogen and oxygen atoms in total. The van der Waals surface area contributed by atoms with Crippen LogP contribution in [0.3, 0.4) is 0 Å². The number of H-pyrrole nitrogens is 2. The summed E-state index contributed by atoms with van der Waals surface area (Å²) in [5.41, 5.74) is 4.29. The molecule has 0 saturated carbocycles. The lowest BCUT2D eigenvalue weighted by molar-refractivity contribution is 0.0522. The minimum absolute atomic E-state index is 0.000870. The smallest absolute Gasteiger partial charge is 0.275 e. The number of benzene rings is 1. The van der Waals surface area contributed by atoms with Gasteiger partial charge in [0.15, 0.2) is 5.69 Å². The molecule has 9 heteroatoms. The van der Waals surface area contributed by atoms with Crippen molar-refractivity contribution in [3.8, 4) is 0 Å². The molecule has 2 bridgehead atoms. The maximum atomic E-state index is 13.3. The van der Waals surface area contributed by atoms with Crippen LogP contribution in [0.5, 0.6) is 0 Å². The Hall–Kier alpha value is -2.68. The third kappa shape index (κ3) is 2.50. The van der Waals surface area contributed by atoms with Crippen molar-refractivity contribution < 1.29 is 9.59 Å². The number of nitrogens with one attached hydrogen (secondary N) is 2. The fourth-order valence-corrected chi connectivity index (χ4v) is 5.82. The zero-order valence-corrected chi connectivity index (χ0v) is 18.1. The number of hydrogen-bond acceptors (Lipinski definition) is 4. The SMILES string of the molecule is CC1CCc2c(C(=O)N3C[C@@H]4C[C@H]3CN4C(=O)c3cc4cn[nH]c4cc3Br)n[nH]c21. The number of carbonyl (C=O) groups is 2. The molecule has 2 N–H and O–H groups in total. The fourth-order valence-electron chi connectivity index (χ4n) is 5.31. The van der Waals surface area contributed by atoms with E-state index in [1.165, 1.54) is 0 Å². The van der Waals surface area contributed by atoms with Gasteiger partial charge in [-0.1, -0.05) is 6.92 Å². The quantitative estimate of drug-likeness (QED) is 0.603. The first-order chi connectivity index (χ1) is 14.5. The van der Waals surface area contributed by atoms with Gasteiger partial charge in [-0.2, -0.15) is 10.2 Å². The molecule has 1 aromatic carbocycles. The maximum Gasteiger partial charge on any atom is 0.275 e. The van der Waals surface area contributed by atoms with Crippen LogP contribution in [-0.2, 0) is 6.42 Å². The van der Waals surface area contributed by atoms with Crippen LogP contribution in [0.15, 0.2) is 22.8 Å². The summed E-state index contributed by atoms with van der Waals surface area (Å²) in [7, 11) is 0. The number of piperazine rings is 1. The van der Waals surface area contributed by atoms with Gasteiger partial charge < -0.3 is 9.80 Å². The van der Waals surface area contributed by atoms with E-state index in [4.69, 9.17) is 0 Å². The molecule has 6 rings (SSSR count). The lowest BCUT2D eigenvalue weighted by atomic mass is 10.1. The first-order valence-electron chi connectivity index (χ1n) is 10.3. The number of hydrogen-bond donors (Lipinski definition) is 2. The van der Waals surface area contributed by atoms with Gasteiger partial charge in [-0.15, -0.1) is 0 Å². The van der Waals surface area contributed by atoms with Gasteiger partial charge in [0, 0.05) is 34.2 Å². The molecule has 3 aromatic rings. The van der Waals surface area contributed by atoms with E-state index in [2.05, 4.69) is 43.2 Å². The van der Waals surface area contributed by atoms with Crippen LogP contribution in [0.1, 0.15) is 57.8 Å². The van der Waals surface area contributed by atoms with E-state index in [9.17, 15) is 9.59 Å². The fraction of sp³-hybridized carbons (Fsp3) is 0.429. The summed E-state index contributed by atoms with van der Waals surface area (Å²) in [4.78, 5) is 30.3. The summed E-state index contributed by atoms with van der Waals surface area (Å²) in [6.45, 7) is 3.30. The predicted octanol–water partition coefficient (Wildman–Crippen LogP) is 2.84. The minimum Gasteiger partial charge on any atom is -0.332 e. The normalized spacial score (nSPS) is 24.8. The van der Waals surface area contributed by atoms with Gasteiger partial charge in [-0.3, -0.25) is 19.8 Å². The van der Waals surface area contributed by atoms with Crippen molar-refractivity contribution in [2.24, 2.45) is 0 Å². The van der Waals surface area contributed by atoms with E-state index in [1.54, 1.807) is 6.20 Å². The van der Waals surface area contributed by atoms with Crippen molar-refractivity contribution in [3.05, 3.63) is 45.3 Å². The van der Waals surface area contributed by atoms with Crippen LogP contribution in [0.2, 0.25) is 0 Å². The van der Waals surface area contributed by atoms with E-state index in [-0.39, 0.29) is 23.9 Å². The van der Waals surface area contributed by atoms with Gasteiger partial charge in [-0.25, -0.2) is 0 Å². The summed E-state index contributed by atoms with van der Waals surface area (Å²) in [6, 6.07) is 3.85. The van der Waals surface area contributed by atoms with Crippen LogP contribution in [-0.4, -0.2) is 67.2 Å². The number of carbonyl (C=O) groups excluding carboxylic acids is 2. The van der Waals surface area contributed by atoms with Gasteiger partial charge in [0.05, 0.1) is 29.4 Å². The number of halogens is 1. The van der Waals surface area contributed by atoms with Crippen molar-refractivity contribution in [1.29, 1.82) is 0 Å². The summed E-state index contributed by atoms with van der Waals surface area (Å²) >= 11 is 3.53. The zero-order valence-electron chi connectivity index (χ0n) is 16.5. The number of nitrogens with zero attached hydrogens (tertiary/aromatic N) is 4.